The Morgan fingerprint density at radius 2 is 1.71 bits per heavy atom. The minimum Gasteiger partial charge on any atom is -0.507 e. The Hall–Kier alpha value is -4.86. The fourth-order valence-corrected chi connectivity index (χ4v) is 3.96. The minimum atomic E-state index is -1.11. The molecule has 0 aliphatic carbocycles. The third-order valence-electron chi connectivity index (χ3n) is 5.59. The zero-order valence-corrected chi connectivity index (χ0v) is 17.3. The van der Waals surface area contributed by atoms with Crippen LogP contribution < -0.4 is 4.90 Å². The normalized spacial score (nSPS) is 17.4. The van der Waals surface area contributed by atoms with Gasteiger partial charge in [-0.25, -0.2) is 9.37 Å². The Kier molecular flexibility index (Phi) is 4.90. The number of aliphatic hydroxyl groups is 1. The summed E-state index contributed by atoms with van der Waals surface area (Å²) in [4.78, 5) is 45.1. The van der Waals surface area contributed by atoms with Crippen molar-refractivity contribution < 1.29 is 24.0 Å². The van der Waals surface area contributed by atoms with Crippen LogP contribution in [0.15, 0.2) is 78.4 Å². The van der Waals surface area contributed by atoms with Gasteiger partial charge in [0, 0.05) is 17.7 Å². The summed E-state index contributed by atoms with van der Waals surface area (Å²) in [5.41, 5.74) is 1.23. The second-order valence-electron chi connectivity index (χ2n) is 7.60. The number of ketones is 1. The van der Waals surface area contributed by atoms with Gasteiger partial charge in [-0.3, -0.25) is 24.6 Å². The average molecular weight is 458 g/mol. The van der Waals surface area contributed by atoms with E-state index in [0.717, 1.165) is 4.90 Å². The van der Waals surface area contributed by atoms with Crippen LogP contribution in [0.2, 0.25) is 0 Å². The number of aromatic amines is 1. The Morgan fingerprint density at radius 1 is 1.03 bits per heavy atom. The molecule has 2 heterocycles. The molecule has 1 atom stereocenters. The van der Waals surface area contributed by atoms with Crippen molar-refractivity contribution in [3.63, 3.8) is 0 Å². The van der Waals surface area contributed by atoms with Crippen LogP contribution in [-0.4, -0.2) is 31.7 Å². The molecule has 0 saturated carbocycles. The molecule has 168 valence electrons. The molecule has 5 rings (SSSR count). The molecule has 0 radical (unpaired) electrons. The first kappa shape index (κ1) is 21.0. The number of halogens is 1. The molecule has 0 spiro atoms. The van der Waals surface area contributed by atoms with Gasteiger partial charge in [-0.2, -0.15) is 0 Å². The molecule has 4 aromatic rings. The lowest BCUT2D eigenvalue weighted by Gasteiger charge is -2.23. The number of imidazole rings is 1. The number of benzene rings is 3. The molecule has 1 amide bonds. The van der Waals surface area contributed by atoms with Gasteiger partial charge in [-0.1, -0.05) is 24.3 Å². The van der Waals surface area contributed by atoms with Crippen molar-refractivity contribution in [3.05, 3.63) is 105 Å². The number of hydrogen-bond donors (Lipinski definition) is 2. The summed E-state index contributed by atoms with van der Waals surface area (Å²) < 4.78 is 13.6. The molecule has 1 unspecified atom stereocenters. The number of hydrogen-bond acceptors (Lipinski definition) is 6. The van der Waals surface area contributed by atoms with Crippen molar-refractivity contribution in [1.82, 2.24) is 9.97 Å². The number of nitrogens with one attached hydrogen (secondary N) is 1. The van der Waals surface area contributed by atoms with E-state index in [1.165, 1.54) is 48.5 Å². The number of carbonyl (C=O) groups excluding carboxylic acids is 2. The molecule has 2 N–H and O–H groups in total. The van der Waals surface area contributed by atoms with E-state index in [-0.39, 0.29) is 22.8 Å². The van der Waals surface area contributed by atoms with Crippen LogP contribution in [-0.2, 0) is 9.59 Å². The number of non-ortho nitro benzene ring substituents is 1. The van der Waals surface area contributed by atoms with Crippen LogP contribution in [0.5, 0.6) is 0 Å². The number of para-hydroxylation sites is 2. The number of rotatable bonds is 4. The number of aromatic nitrogens is 2. The molecule has 3 aromatic carbocycles. The molecule has 1 saturated heterocycles. The van der Waals surface area contributed by atoms with Crippen molar-refractivity contribution in [2.75, 3.05) is 4.90 Å². The number of anilines is 1. The Labute approximate surface area is 190 Å². The third kappa shape index (κ3) is 3.37. The summed E-state index contributed by atoms with van der Waals surface area (Å²) in [6.07, 6.45) is 0. The smallest absolute Gasteiger partial charge is 0.302 e. The van der Waals surface area contributed by atoms with Gasteiger partial charge < -0.3 is 10.1 Å². The fourth-order valence-electron chi connectivity index (χ4n) is 3.96. The van der Waals surface area contributed by atoms with E-state index in [1.807, 2.05) is 0 Å². The quantitative estimate of drug-likeness (QED) is 0.155. The highest BCUT2D eigenvalue weighted by molar-refractivity contribution is 6.51. The van der Waals surface area contributed by atoms with Gasteiger partial charge in [0.25, 0.3) is 11.5 Å². The number of aliphatic hydroxyl groups excluding tert-OH is 1. The van der Waals surface area contributed by atoms with Gasteiger partial charge in [0.15, 0.2) is 0 Å². The molecule has 1 aromatic heterocycles. The highest BCUT2D eigenvalue weighted by atomic mass is 19.1. The standard InChI is InChI=1S/C24H15FN4O5/c25-15-9-5-13(6-10-15)20-19(21(30)14-7-11-16(12-8-14)29(33)34)22(31)23(32)28(20)24-26-17-3-1-2-4-18(17)27-24/h1-12,20,30H,(H,26,27)/b21-19+. The number of nitro benzene ring substituents is 1. The first-order valence-corrected chi connectivity index (χ1v) is 10.1. The van der Waals surface area contributed by atoms with Crippen LogP contribution in [0.25, 0.3) is 16.8 Å². The van der Waals surface area contributed by atoms with Gasteiger partial charge in [0.05, 0.1) is 27.6 Å². The SMILES string of the molecule is O=C1C(=O)N(c2nc3ccccc3[nH]2)C(c2ccc(F)cc2)/C1=C(\O)c1ccc([N+](=O)[O-])cc1. The number of amides is 1. The van der Waals surface area contributed by atoms with Gasteiger partial charge >= 0.3 is 5.91 Å². The summed E-state index contributed by atoms with van der Waals surface area (Å²) in [7, 11) is 0. The predicted molar refractivity (Wildman–Crippen MR) is 120 cm³/mol. The van der Waals surface area contributed by atoms with Crippen LogP contribution >= 0.6 is 0 Å². The van der Waals surface area contributed by atoms with Gasteiger partial charge in [0.2, 0.25) is 5.95 Å². The number of H-pyrrole nitrogens is 1. The lowest BCUT2D eigenvalue weighted by Crippen LogP contribution is -2.30. The molecular weight excluding hydrogens is 443 g/mol. The van der Waals surface area contributed by atoms with Crippen LogP contribution in [0.3, 0.4) is 0 Å². The van der Waals surface area contributed by atoms with Crippen LogP contribution in [0.4, 0.5) is 16.0 Å². The molecule has 1 aliphatic heterocycles. The third-order valence-corrected chi connectivity index (χ3v) is 5.59. The van der Waals surface area contributed by atoms with Crippen molar-refractivity contribution in [2.24, 2.45) is 0 Å². The lowest BCUT2D eigenvalue weighted by molar-refractivity contribution is -0.384. The number of carbonyl (C=O) groups is 2. The average Bonchev–Trinajstić information content (AvgIpc) is 3.38. The molecule has 10 heteroatoms. The minimum absolute atomic E-state index is 0.0837. The largest absolute Gasteiger partial charge is 0.507 e. The number of Topliss-reactive ketones (excluding diaryl/α,β-unsaturated/α-hetero) is 1. The monoisotopic (exact) mass is 458 g/mol. The Morgan fingerprint density at radius 3 is 2.35 bits per heavy atom. The molecule has 34 heavy (non-hydrogen) atoms. The maximum atomic E-state index is 13.6. The summed E-state index contributed by atoms with van der Waals surface area (Å²) in [5.74, 6) is -2.84. The van der Waals surface area contributed by atoms with E-state index >= 15 is 0 Å². The van der Waals surface area contributed by atoms with Crippen molar-refractivity contribution in [2.45, 2.75) is 6.04 Å². The number of nitro groups is 1. The van der Waals surface area contributed by atoms with Gasteiger partial charge in [-0.05, 0) is 42.0 Å². The van der Waals surface area contributed by atoms with Crippen molar-refractivity contribution >= 4 is 40.1 Å². The molecule has 0 bridgehead atoms. The van der Waals surface area contributed by atoms with Crippen molar-refractivity contribution in [3.8, 4) is 0 Å². The Bertz CT molecular complexity index is 1460. The topological polar surface area (TPSA) is 129 Å². The maximum absolute atomic E-state index is 13.6. The fraction of sp³-hybridized carbons (Fsp3) is 0.0417. The second kappa shape index (κ2) is 7.93. The van der Waals surface area contributed by atoms with Gasteiger partial charge in [0.1, 0.15) is 11.6 Å². The zero-order chi connectivity index (χ0) is 24.0. The maximum Gasteiger partial charge on any atom is 0.302 e. The highest BCUT2D eigenvalue weighted by Crippen LogP contribution is 2.41. The molecule has 1 aliphatic rings. The van der Waals surface area contributed by atoms with Crippen LogP contribution in [0.1, 0.15) is 17.2 Å². The first-order valence-electron chi connectivity index (χ1n) is 10.1. The Balaban J connectivity index is 1.70. The lowest BCUT2D eigenvalue weighted by atomic mass is 9.95. The van der Waals surface area contributed by atoms with E-state index in [1.54, 1.807) is 24.3 Å². The van der Waals surface area contributed by atoms with Crippen LogP contribution in [0, 0.1) is 15.9 Å². The van der Waals surface area contributed by atoms with E-state index in [4.69, 9.17) is 0 Å². The summed E-state index contributed by atoms with van der Waals surface area (Å²) in [5, 5.41) is 22.0. The summed E-state index contributed by atoms with van der Waals surface area (Å²) in [6, 6.07) is 16.0. The molecule has 1 fully saturated rings. The first-order chi connectivity index (χ1) is 16.3. The van der Waals surface area contributed by atoms with E-state index in [2.05, 4.69) is 9.97 Å². The van der Waals surface area contributed by atoms with Gasteiger partial charge in [-0.15, -0.1) is 0 Å². The highest BCUT2D eigenvalue weighted by Gasteiger charge is 2.48. The van der Waals surface area contributed by atoms with E-state index < -0.39 is 34.2 Å². The van der Waals surface area contributed by atoms with Crippen molar-refractivity contribution in [1.29, 1.82) is 0 Å². The van der Waals surface area contributed by atoms with E-state index in [9.17, 15) is 29.2 Å². The predicted octanol–water partition coefficient (Wildman–Crippen LogP) is 4.24. The van der Waals surface area contributed by atoms with E-state index in [0.29, 0.717) is 16.6 Å². The summed E-state index contributed by atoms with van der Waals surface area (Å²) in [6.45, 7) is 0. The molecule has 9 nitrogen and oxygen atoms in total. The number of nitrogens with zero attached hydrogens (tertiary/aromatic N) is 3. The molecular formula is C24H15FN4O5. The zero-order valence-electron chi connectivity index (χ0n) is 17.3. The second-order valence-corrected chi connectivity index (χ2v) is 7.60. The number of fused-ring (bicyclic) bond motifs is 1. The summed E-state index contributed by atoms with van der Waals surface area (Å²) >= 11 is 0.